The minimum Gasteiger partial charge on any atom is -0.493 e. The van der Waals surface area contributed by atoms with Crippen LogP contribution in [0.15, 0.2) is 40.9 Å². The number of hydrogen-bond acceptors (Lipinski definition) is 6. The molecule has 0 amide bonds. The van der Waals surface area contributed by atoms with E-state index in [2.05, 4.69) is 21.2 Å². The van der Waals surface area contributed by atoms with Gasteiger partial charge < -0.3 is 19.9 Å². The number of nitrogens with zero attached hydrogens (tertiary/aromatic N) is 1. The largest absolute Gasteiger partial charge is 0.493 e. The van der Waals surface area contributed by atoms with Gasteiger partial charge in [-0.05, 0) is 49.2 Å². The van der Waals surface area contributed by atoms with Crippen molar-refractivity contribution in [2.45, 2.75) is 26.0 Å². The van der Waals surface area contributed by atoms with E-state index in [0.717, 1.165) is 35.0 Å². The summed E-state index contributed by atoms with van der Waals surface area (Å²) in [6, 6.07) is 10.00. The lowest BCUT2D eigenvalue weighted by Gasteiger charge is -2.17. The molecule has 0 unspecified atom stereocenters. The minimum atomic E-state index is -0.428. The first-order chi connectivity index (χ1) is 13.1. The average Bonchev–Trinajstić information content (AvgIpc) is 2.67. The molecule has 0 fully saturated rings. The van der Waals surface area contributed by atoms with Gasteiger partial charge in [-0.3, -0.25) is 10.1 Å². The van der Waals surface area contributed by atoms with E-state index in [1.54, 1.807) is 19.2 Å². The fraction of sp³-hybridized carbons (Fsp3) is 0.368. The number of aliphatic hydroxyl groups excluding tert-OH is 1. The number of aliphatic hydroxyl groups is 1. The van der Waals surface area contributed by atoms with Gasteiger partial charge in [-0.1, -0.05) is 15.9 Å². The molecule has 0 aliphatic heterocycles. The fourth-order valence-corrected chi connectivity index (χ4v) is 2.96. The molecule has 0 saturated heterocycles. The minimum absolute atomic E-state index is 0.0477. The second-order valence-electron chi connectivity index (χ2n) is 5.88. The summed E-state index contributed by atoms with van der Waals surface area (Å²) in [7, 11) is 1.58. The summed E-state index contributed by atoms with van der Waals surface area (Å²) < 4.78 is 12.3. The summed E-state index contributed by atoms with van der Waals surface area (Å²) >= 11 is 3.55. The maximum atomic E-state index is 10.8. The Labute approximate surface area is 166 Å². The molecule has 0 atom stereocenters. The zero-order chi connectivity index (χ0) is 19.6. The van der Waals surface area contributed by atoms with Crippen LogP contribution in [0.4, 0.5) is 5.69 Å². The van der Waals surface area contributed by atoms with Crippen molar-refractivity contribution in [3.05, 3.63) is 62.1 Å². The Balaban J connectivity index is 2.10. The molecule has 0 aromatic heterocycles. The summed E-state index contributed by atoms with van der Waals surface area (Å²) in [6.45, 7) is 1.82. The van der Waals surface area contributed by atoms with Gasteiger partial charge in [0.15, 0.2) is 11.5 Å². The van der Waals surface area contributed by atoms with Crippen LogP contribution in [0.1, 0.15) is 24.0 Å². The highest BCUT2D eigenvalue weighted by Crippen LogP contribution is 2.36. The van der Waals surface area contributed by atoms with Crippen LogP contribution in [-0.4, -0.2) is 30.3 Å². The van der Waals surface area contributed by atoms with Crippen molar-refractivity contribution < 1.29 is 19.5 Å². The number of non-ortho nitro benzene ring substituents is 1. The molecule has 0 aliphatic rings. The van der Waals surface area contributed by atoms with Crippen molar-refractivity contribution in [2.24, 2.45) is 0 Å². The predicted molar refractivity (Wildman–Crippen MR) is 106 cm³/mol. The molecule has 2 N–H and O–H groups in total. The smallest absolute Gasteiger partial charge is 0.269 e. The van der Waals surface area contributed by atoms with Gasteiger partial charge in [0, 0.05) is 35.3 Å². The van der Waals surface area contributed by atoms with Crippen molar-refractivity contribution in [3.63, 3.8) is 0 Å². The van der Waals surface area contributed by atoms with Gasteiger partial charge in [-0.15, -0.1) is 0 Å². The van der Waals surface area contributed by atoms with E-state index in [1.165, 1.54) is 12.1 Å². The van der Waals surface area contributed by atoms with E-state index in [-0.39, 0.29) is 18.9 Å². The number of nitro groups is 1. The van der Waals surface area contributed by atoms with Crippen LogP contribution in [0.25, 0.3) is 0 Å². The molecule has 27 heavy (non-hydrogen) atoms. The molecule has 0 bridgehead atoms. The monoisotopic (exact) mass is 438 g/mol. The number of nitro benzene ring substituents is 1. The van der Waals surface area contributed by atoms with E-state index in [1.807, 2.05) is 12.1 Å². The topological polar surface area (TPSA) is 93.9 Å². The quantitative estimate of drug-likeness (QED) is 0.314. The summed E-state index contributed by atoms with van der Waals surface area (Å²) in [5, 5.41) is 22.9. The van der Waals surface area contributed by atoms with Crippen LogP contribution in [0, 0.1) is 10.1 Å². The molecule has 0 aliphatic carbocycles. The Bertz CT molecular complexity index is 753. The maximum Gasteiger partial charge on any atom is 0.269 e. The molecular formula is C19H23BrN2O5. The maximum absolute atomic E-state index is 10.8. The van der Waals surface area contributed by atoms with E-state index < -0.39 is 4.92 Å². The van der Waals surface area contributed by atoms with E-state index in [9.17, 15) is 10.1 Å². The summed E-state index contributed by atoms with van der Waals surface area (Å²) in [5.74, 6) is 1.24. The molecule has 7 nitrogen and oxygen atoms in total. The number of halogens is 1. The summed E-state index contributed by atoms with van der Waals surface area (Å²) in [4.78, 5) is 10.3. The number of ether oxygens (including phenoxy) is 2. The van der Waals surface area contributed by atoms with E-state index >= 15 is 0 Å². The Morgan fingerprint density at radius 3 is 2.56 bits per heavy atom. The van der Waals surface area contributed by atoms with Gasteiger partial charge in [-0.25, -0.2) is 0 Å². The lowest BCUT2D eigenvalue weighted by molar-refractivity contribution is -0.384. The highest BCUT2D eigenvalue weighted by molar-refractivity contribution is 9.10. The van der Waals surface area contributed by atoms with Crippen molar-refractivity contribution in [2.75, 3.05) is 20.3 Å². The van der Waals surface area contributed by atoms with Gasteiger partial charge in [0.2, 0.25) is 0 Å². The number of unbranched alkanes of at least 4 members (excludes halogenated alkanes) is 1. The van der Waals surface area contributed by atoms with Crippen LogP contribution in [0.2, 0.25) is 0 Å². The van der Waals surface area contributed by atoms with Gasteiger partial charge in [0.25, 0.3) is 5.69 Å². The predicted octanol–water partition coefficient (Wildman–Crippen LogP) is 3.81. The Kier molecular flexibility index (Phi) is 8.50. The molecule has 146 valence electrons. The third-order valence-corrected chi connectivity index (χ3v) is 4.72. The Morgan fingerprint density at radius 2 is 1.93 bits per heavy atom. The van der Waals surface area contributed by atoms with Gasteiger partial charge >= 0.3 is 0 Å². The van der Waals surface area contributed by atoms with Crippen LogP contribution in [0.3, 0.4) is 0 Å². The molecule has 0 saturated carbocycles. The molecule has 0 heterocycles. The van der Waals surface area contributed by atoms with Crippen LogP contribution >= 0.6 is 15.9 Å². The Hall–Kier alpha value is -2.16. The normalized spacial score (nSPS) is 10.6. The number of nitrogens with one attached hydrogen (secondary N) is 1. The number of hydrogen-bond donors (Lipinski definition) is 2. The summed E-state index contributed by atoms with van der Waals surface area (Å²) in [5.41, 5.74) is 1.80. The van der Waals surface area contributed by atoms with Gasteiger partial charge in [0.05, 0.1) is 12.0 Å². The number of rotatable bonds is 11. The first-order valence-corrected chi connectivity index (χ1v) is 9.39. The van der Waals surface area contributed by atoms with E-state index in [4.69, 9.17) is 14.6 Å². The van der Waals surface area contributed by atoms with Crippen molar-refractivity contribution in [1.82, 2.24) is 5.32 Å². The second kappa shape index (κ2) is 10.9. The average molecular weight is 439 g/mol. The van der Waals surface area contributed by atoms with Crippen LogP contribution < -0.4 is 14.8 Å². The molecule has 0 radical (unpaired) electrons. The highest BCUT2D eigenvalue weighted by atomic mass is 79.9. The Morgan fingerprint density at radius 1 is 1.19 bits per heavy atom. The van der Waals surface area contributed by atoms with E-state index in [0.29, 0.717) is 18.0 Å². The number of benzene rings is 2. The number of methoxy groups -OCH3 is 1. The molecule has 2 aromatic carbocycles. The third kappa shape index (κ3) is 6.20. The molecule has 0 spiro atoms. The lowest BCUT2D eigenvalue weighted by Crippen LogP contribution is -2.16. The van der Waals surface area contributed by atoms with Crippen LogP contribution in [-0.2, 0) is 13.2 Å². The zero-order valence-electron chi connectivity index (χ0n) is 15.1. The van der Waals surface area contributed by atoms with Gasteiger partial charge in [0.1, 0.15) is 6.61 Å². The molecule has 8 heteroatoms. The SMILES string of the molecule is COc1ccc(Br)c(CNCCCCO)c1OCc1ccc([N+](=O)[O-])cc1. The first kappa shape index (κ1) is 21.1. The van der Waals surface area contributed by atoms with Crippen molar-refractivity contribution in [1.29, 1.82) is 0 Å². The standard InChI is InChI=1S/C19H23BrN2O5/c1-26-18-9-8-17(20)16(12-21-10-2-3-11-23)19(18)27-13-14-4-6-15(7-5-14)22(24)25/h4-9,21,23H,2-3,10-13H2,1H3. The van der Waals surface area contributed by atoms with Crippen molar-refractivity contribution >= 4 is 21.6 Å². The van der Waals surface area contributed by atoms with Gasteiger partial charge in [-0.2, -0.15) is 0 Å². The molecule has 2 aromatic rings. The molecular weight excluding hydrogens is 416 g/mol. The van der Waals surface area contributed by atoms with Crippen LogP contribution in [0.5, 0.6) is 11.5 Å². The second-order valence-corrected chi connectivity index (χ2v) is 6.73. The first-order valence-electron chi connectivity index (χ1n) is 8.60. The van der Waals surface area contributed by atoms with Crippen molar-refractivity contribution in [3.8, 4) is 11.5 Å². The zero-order valence-corrected chi connectivity index (χ0v) is 16.7. The lowest BCUT2D eigenvalue weighted by atomic mass is 10.1. The fourth-order valence-electron chi connectivity index (χ4n) is 2.51. The summed E-state index contributed by atoms with van der Waals surface area (Å²) in [6.07, 6.45) is 1.65. The highest BCUT2D eigenvalue weighted by Gasteiger charge is 2.15. The third-order valence-electron chi connectivity index (χ3n) is 3.98. The molecule has 2 rings (SSSR count).